The summed E-state index contributed by atoms with van der Waals surface area (Å²) in [5, 5.41) is 2.99. The predicted octanol–water partition coefficient (Wildman–Crippen LogP) is 3.19. The second-order valence-corrected chi connectivity index (χ2v) is 5.64. The van der Waals surface area contributed by atoms with E-state index in [2.05, 4.69) is 19.2 Å². The molecule has 4 heteroatoms. The van der Waals surface area contributed by atoms with Gasteiger partial charge in [0.15, 0.2) is 0 Å². The molecular weight excluding hydrogens is 252 g/mol. The van der Waals surface area contributed by atoms with Crippen LogP contribution >= 0.6 is 0 Å². The number of aryl methyl sites for hydroxylation is 2. The number of carbonyl (C=O) groups excluding carboxylic acids is 1. The van der Waals surface area contributed by atoms with Crippen molar-refractivity contribution in [3.05, 3.63) is 29.3 Å². The smallest absolute Gasteiger partial charge is 0.321 e. The highest BCUT2D eigenvalue weighted by Gasteiger charge is 2.23. The molecule has 0 aliphatic carbocycles. The highest BCUT2D eigenvalue weighted by atomic mass is 16.5. The molecule has 0 spiro atoms. The minimum Gasteiger partial charge on any atom is -0.384 e. The van der Waals surface area contributed by atoms with Gasteiger partial charge in [0.1, 0.15) is 0 Å². The van der Waals surface area contributed by atoms with E-state index in [1.807, 2.05) is 23.1 Å². The van der Waals surface area contributed by atoms with Gasteiger partial charge >= 0.3 is 6.03 Å². The van der Waals surface area contributed by atoms with E-state index < -0.39 is 0 Å². The number of piperidine rings is 1. The number of carbonyl (C=O) groups is 1. The third-order valence-electron chi connectivity index (χ3n) is 3.97. The van der Waals surface area contributed by atoms with Gasteiger partial charge in [0.25, 0.3) is 0 Å². The lowest BCUT2D eigenvalue weighted by molar-refractivity contribution is 0.104. The largest absolute Gasteiger partial charge is 0.384 e. The summed E-state index contributed by atoms with van der Waals surface area (Å²) in [6, 6.07) is 6.00. The van der Waals surface area contributed by atoms with E-state index in [0.29, 0.717) is 5.92 Å². The molecule has 1 saturated heterocycles. The fourth-order valence-electron chi connectivity index (χ4n) is 2.64. The Morgan fingerprint density at radius 3 is 2.90 bits per heavy atom. The van der Waals surface area contributed by atoms with E-state index in [0.717, 1.165) is 38.2 Å². The molecule has 0 aromatic heterocycles. The van der Waals surface area contributed by atoms with E-state index in [1.54, 1.807) is 7.11 Å². The van der Waals surface area contributed by atoms with Crippen molar-refractivity contribution in [3.63, 3.8) is 0 Å². The first-order valence-electron chi connectivity index (χ1n) is 7.22. The Bertz CT molecular complexity index is 472. The Labute approximate surface area is 121 Å². The molecule has 2 amide bonds. The first-order valence-corrected chi connectivity index (χ1v) is 7.22. The minimum absolute atomic E-state index is 0.00550. The molecule has 1 atom stereocenters. The van der Waals surface area contributed by atoms with Gasteiger partial charge in [0.2, 0.25) is 0 Å². The molecule has 2 rings (SSSR count). The third kappa shape index (κ3) is 3.73. The lowest BCUT2D eigenvalue weighted by Crippen LogP contribution is -2.43. The summed E-state index contributed by atoms with van der Waals surface area (Å²) >= 11 is 0. The number of rotatable bonds is 3. The first-order chi connectivity index (χ1) is 9.60. The van der Waals surface area contributed by atoms with Gasteiger partial charge in [-0.25, -0.2) is 4.79 Å². The van der Waals surface area contributed by atoms with Gasteiger partial charge in [-0.05, 0) is 49.9 Å². The average molecular weight is 276 g/mol. The molecule has 4 nitrogen and oxygen atoms in total. The van der Waals surface area contributed by atoms with Crippen molar-refractivity contribution < 1.29 is 9.53 Å². The molecule has 1 aromatic rings. The Morgan fingerprint density at radius 1 is 1.40 bits per heavy atom. The monoisotopic (exact) mass is 276 g/mol. The number of amides is 2. The van der Waals surface area contributed by atoms with Crippen molar-refractivity contribution in [2.45, 2.75) is 26.7 Å². The molecule has 1 unspecified atom stereocenters. The summed E-state index contributed by atoms with van der Waals surface area (Å²) in [5.74, 6) is 0.458. The molecule has 1 aliphatic rings. The fraction of sp³-hybridized carbons (Fsp3) is 0.562. The van der Waals surface area contributed by atoms with Crippen molar-refractivity contribution in [1.82, 2.24) is 4.90 Å². The molecule has 1 N–H and O–H groups in total. The number of urea groups is 1. The highest BCUT2D eigenvalue weighted by molar-refractivity contribution is 5.89. The molecule has 110 valence electrons. The minimum atomic E-state index is -0.00550. The number of hydrogen-bond acceptors (Lipinski definition) is 2. The number of nitrogens with one attached hydrogen (secondary N) is 1. The Kier molecular flexibility index (Phi) is 5.01. The van der Waals surface area contributed by atoms with Crippen LogP contribution in [0.1, 0.15) is 24.0 Å². The van der Waals surface area contributed by atoms with E-state index in [4.69, 9.17) is 4.74 Å². The number of anilines is 1. The van der Waals surface area contributed by atoms with Crippen LogP contribution < -0.4 is 5.32 Å². The average Bonchev–Trinajstić information content (AvgIpc) is 2.43. The molecule has 0 bridgehead atoms. The van der Waals surface area contributed by atoms with Crippen LogP contribution in [0.5, 0.6) is 0 Å². The summed E-state index contributed by atoms with van der Waals surface area (Å²) in [7, 11) is 1.72. The molecular formula is C16H24N2O2. The van der Waals surface area contributed by atoms with Crippen molar-refractivity contribution >= 4 is 11.7 Å². The second kappa shape index (κ2) is 6.75. The third-order valence-corrected chi connectivity index (χ3v) is 3.97. The van der Waals surface area contributed by atoms with Crippen LogP contribution in [-0.4, -0.2) is 37.7 Å². The van der Waals surface area contributed by atoms with Gasteiger partial charge in [0.05, 0.1) is 6.61 Å². The van der Waals surface area contributed by atoms with Crippen LogP contribution in [0.25, 0.3) is 0 Å². The Hall–Kier alpha value is -1.55. The van der Waals surface area contributed by atoms with Gasteiger partial charge in [-0.3, -0.25) is 0 Å². The molecule has 1 aliphatic heterocycles. The summed E-state index contributed by atoms with van der Waals surface area (Å²) < 4.78 is 5.20. The Balaban J connectivity index is 1.95. The van der Waals surface area contributed by atoms with Crippen LogP contribution in [0, 0.1) is 19.8 Å². The fourth-order valence-corrected chi connectivity index (χ4v) is 2.64. The number of hydrogen-bond donors (Lipinski definition) is 1. The Morgan fingerprint density at radius 2 is 2.20 bits per heavy atom. The van der Waals surface area contributed by atoms with Crippen LogP contribution in [0.4, 0.5) is 10.5 Å². The van der Waals surface area contributed by atoms with Gasteiger partial charge < -0.3 is 15.0 Å². The van der Waals surface area contributed by atoms with Crippen molar-refractivity contribution in [2.24, 2.45) is 5.92 Å². The van der Waals surface area contributed by atoms with Gasteiger partial charge in [0, 0.05) is 31.8 Å². The highest BCUT2D eigenvalue weighted by Crippen LogP contribution is 2.19. The first kappa shape index (κ1) is 14.9. The van der Waals surface area contributed by atoms with Gasteiger partial charge in [-0.1, -0.05) is 6.07 Å². The predicted molar refractivity (Wildman–Crippen MR) is 81.1 cm³/mol. The lowest BCUT2D eigenvalue weighted by Gasteiger charge is -2.32. The van der Waals surface area contributed by atoms with Crippen molar-refractivity contribution in [2.75, 3.05) is 32.1 Å². The van der Waals surface area contributed by atoms with Crippen molar-refractivity contribution in [3.8, 4) is 0 Å². The van der Waals surface area contributed by atoms with Crippen LogP contribution in [0.15, 0.2) is 18.2 Å². The van der Waals surface area contributed by atoms with E-state index in [1.165, 1.54) is 11.1 Å². The van der Waals surface area contributed by atoms with Gasteiger partial charge in [-0.15, -0.1) is 0 Å². The maximum atomic E-state index is 12.3. The topological polar surface area (TPSA) is 41.6 Å². The van der Waals surface area contributed by atoms with E-state index in [9.17, 15) is 4.79 Å². The van der Waals surface area contributed by atoms with Crippen LogP contribution in [-0.2, 0) is 4.74 Å². The zero-order valence-corrected chi connectivity index (χ0v) is 12.6. The number of ether oxygens (including phenoxy) is 1. The SMILES string of the molecule is COCC1CCCN(C(=O)Nc2ccc(C)c(C)c2)C1. The number of methoxy groups -OCH3 is 1. The normalized spacial score (nSPS) is 18.9. The zero-order valence-electron chi connectivity index (χ0n) is 12.6. The van der Waals surface area contributed by atoms with E-state index >= 15 is 0 Å². The molecule has 0 radical (unpaired) electrons. The number of benzene rings is 1. The van der Waals surface area contributed by atoms with Crippen LogP contribution in [0.3, 0.4) is 0 Å². The zero-order chi connectivity index (χ0) is 14.5. The number of likely N-dealkylation sites (tertiary alicyclic amines) is 1. The van der Waals surface area contributed by atoms with Crippen molar-refractivity contribution in [1.29, 1.82) is 0 Å². The van der Waals surface area contributed by atoms with Gasteiger partial charge in [-0.2, -0.15) is 0 Å². The van der Waals surface area contributed by atoms with Crippen LogP contribution in [0.2, 0.25) is 0 Å². The molecule has 20 heavy (non-hydrogen) atoms. The maximum Gasteiger partial charge on any atom is 0.321 e. The lowest BCUT2D eigenvalue weighted by atomic mass is 9.99. The van der Waals surface area contributed by atoms with E-state index in [-0.39, 0.29) is 6.03 Å². The summed E-state index contributed by atoms with van der Waals surface area (Å²) in [5.41, 5.74) is 3.30. The standard InChI is InChI=1S/C16H24N2O2/c1-12-6-7-15(9-13(12)2)17-16(19)18-8-4-5-14(10-18)11-20-3/h6-7,9,14H,4-5,8,10-11H2,1-3H3,(H,17,19). The molecule has 1 heterocycles. The summed E-state index contributed by atoms with van der Waals surface area (Å²) in [4.78, 5) is 14.2. The summed E-state index contributed by atoms with van der Waals surface area (Å²) in [6.07, 6.45) is 2.19. The molecule has 0 saturated carbocycles. The molecule has 1 fully saturated rings. The summed E-state index contributed by atoms with van der Waals surface area (Å²) in [6.45, 7) is 6.47. The number of nitrogens with zero attached hydrogens (tertiary/aromatic N) is 1. The quantitative estimate of drug-likeness (QED) is 0.921. The second-order valence-electron chi connectivity index (χ2n) is 5.64. The molecule has 1 aromatic carbocycles. The maximum absolute atomic E-state index is 12.3.